The zero-order chi connectivity index (χ0) is 10.7. The van der Waals surface area contributed by atoms with Crippen LogP contribution in [0.4, 0.5) is 5.69 Å². The number of pyridine rings is 1. The van der Waals surface area contributed by atoms with E-state index in [1.807, 2.05) is 0 Å². The smallest absolute Gasteiger partial charge is 0.190 e. The predicted molar refractivity (Wildman–Crippen MR) is 55.4 cm³/mol. The Labute approximate surface area is 86.7 Å². The van der Waals surface area contributed by atoms with Gasteiger partial charge in [0.1, 0.15) is 11.5 Å². The fourth-order valence-electron chi connectivity index (χ4n) is 1.31. The van der Waals surface area contributed by atoms with Gasteiger partial charge < -0.3 is 10.2 Å². The average molecular weight is 202 g/mol. The number of carbonyl (C=O) groups is 1. The summed E-state index contributed by atoms with van der Waals surface area (Å²) in [5.74, 6) is 0.480. The van der Waals surface area contributed by atoms with Gasteiger partial charge in [0.15, 0.2) is 5.78 Å². The number of rotatable bonds is 3. The van der Waals surface area contributed by atoms with Crippen molar-refractivity contribution in [3.63, 3.8) is 0 Å². The number of nitrogens with zero attached hydrogens (tertiary/aromatic N) is 1. The van der Waals surface area contributed by atoms with E-state index in [0.717, 1.165) is 0 Å². The number of ketones is 1. The van der Waals surface area contributed by atoms with Crippen LogP contribution in [0.25, 0.3) is 0 Å². The molecule has 0 fully saturated rings. The van der Waals surface area contributed by atoms with Gasteiger partial charge in [-0.2, -0.15) is 0 Å². The lowest BCUT2D eigenvalue weighted by Gasteiger charge is -2.01. The molecule has 0 aliphatic rings. The van der Waals surface area contributed by atoms with Crippen LogP contribution >= 0.6 is 0 Å². The number of nitrogen functional groups attached to an aromatic ring is 1. The van der Waals surface area contributed by atoms with Crippen LogP contribution in [-0.4, -0.2) is 10.8 Å². The molecule has 2 heterocycles. The molecule has 2 aromatic heterocycles. The van der Waals surface area contributed by atoms with E-state index in [-0.39, 0.29) is 12.2 Å². The number of hydrogen-bond acceptors (Lipinski definition) is 4. The van der Waals surface area contributed by atoms with Crippen molar-refractivity contribution < 1.29 is 9.21 Å². The molecule has 0 aromatic carbocycles. The summed E-state index contributed by atoms with van der Waals surface area (Å²) >= 11 is 0. The third-order valence-electron chi connectivity index (χ3n) is 2.02. The zero-order valence-corrected chi connectivity index (χ0v) is 8.01. The van der Waals surface area contributed by atoms with Gasteiger partial charge in [0, 0.05) is 6.20 Å². The number of carbonyl (C=O) groups excluding carboxylic acids is 1. The van der Waals surface area contributed by atoms with Crippen molar-refractivity contribution in [2.45, 2.75) is 6.42 Å². The lowest BCUT2D eigenvalue weighted by atomic mass is 10.1. The molecule has 2 aromatic rings. The van der Waals surface area contributed by atoms with Crippen LogP contribution in [0.3, 0.4) is 0 Å². The van der Waals surface area contributed by atoms with Crippen LogP contribution in [0.1, 0.15) is 16.2 Å². The van der Waals surface area contributed by atoms with E-state index < -0.39 is 0 Å². The van der Waals surface area contributed by atoms with E-state index >= 15 is 0 Å². The standard InChI is InChI=1S/C11H10N2O2/c12-9-4-1-5-13-11(9)10(14)7-8-3-2-6-15-8/h1-6H,7,12H2. The highest BCUT2D eigenvalue weighted by molar-refractivity contribution is 5.99. The van der Waals surface area contributed by atoms with Gasteiger partial charge >= 0.3 is 0 Å². The summed E-state index contributed by atoms with van der Waals surface area (Å²) in [4.78, 5) is 15.7. The summed E-state index contributed by atoms with van der Waals surface area (Å²) in [5.41, 5.74) is 6.33. The first-order valence-corrected chi connectivity index (χ1v) is 4.53. The van der Waals surface area contributed by atoms with Crippen LogP contribution in [0.5, 0.6) is 0 Å². The largest absolute Gasteiger partial charge is 0.469 e. The number of hydrogen-bond donors (Lipinski definition) is 1. The Hall–Kier alpha value is -2.10. The minimum Gasteiger partial charge on any atom is -0.469 e. The molecule has 4 nitrogen and oxygen atoms in total. The molecule has 0 aliphatic heterocycles. The summed E-state index contributed by atoms with van der Waals surface area (Å²) < 4.78 is 5.08. The van der Waals surface area contributed by atoms with Crippen molar-refractivity contribution in [1.82, 2.24) is 4.98 Å². The van der Waals surface area contributed by atoms with E-state index in [4.69, 9.17) is 10.2 Å². The monoisotopic (exact) mass is 202 g/mol. The van der Waals surface area contributed by atoms with E-state index in [9.17, 15) is 4.79 Å². The van der Waals surface area contributed by atoms with E-state index in [2.05, 4.69) is 4.98 Å². The maximum absolute atomic E-state index is 11.7. The summed E-state index contributed by atoms with van der Waals surface area (Å²) in [6.45, 7) is 0. The Balaban J connectivity index is 2.19. The quantitative estimate of drug-likeness (QED) is 0.769. The van der Waals surface area contributed by atoms with Gasteiger partial charge in [-0.25, -0.2) is 0 Å². The Kier molecular flexibility index (Phi) is 2.49. The summed E-state index contributed by atoms with van der Waals surface area (Å²) in [5, 5.41) is 0. The highest BCUT2D eigenvalue weighted by Gasteiger charge is 2.12. The number of nitrogens with two attached hydrogens (primary N) is 1. The van der Waals surface area contributed by atoms with Crippen molar-refractivity contribution in [3.05, 3.63) is 48.2 Å². The Morgan fingerprint density at radius 2 is 2.27 bits per heavy atom. The second-order valence-corrected chi connectivity index (χ2v) is 3.12. The van der Waals surface area contributed by atoms with Gasteiger partial charge in [-0.3, -0.25) is 9.78 Å². The van der Waals surface area contributed by atoms with Gasteiger partial charge in [0.2, 0.25) is 0 Å². The number of Topliss-reactive ketones (excluding diaryl/α,β-unsaturated/α-hetero) is 1. The molecule has 0 unspecified atom stereocenters. The maximum atomic E-state index is 11.7. The van der Waals surface area contributed by atoms with Crippen LogP contribution in [0.2, 0.25) is 0 Å². The molecule has 2 rings (SSSR count). The fourth-order valence-corrected chi connectivity index (χ4v) is 1.31. The molecule has 0 radical (unpaired) electrons. The summed E-state index contributed by atoms with van der Waals surface area (Å²) in [7, 11) is 0. The molecule has 0 spiro atoms. The third kappa shape index (κ3) is 2.04. The first kappa shape index (κ1) is 9.45. The molecule has 0 saturated carbocycles. The van der Waals surface area contributed by atoms with Crippen molar-refractivity contribution in [1.29, 1.82) is 0 Å². The van der Waals surface area contributed by atoms with E-state index in [1.54, 1.807) is 30.5 Å². The van der Waals surface area contributed by atoms with Crippen LogP contribution in [0.15, 0.2) is 41.1 Å². The molecule has 0 atom stereocenters. The molecular weight excluding hydrogens is 192 g/mol. The number of anilines is 1. The highest BCUT2D eigenvalue weighted by atomic mass is 16.3. The van der Waals surface area contributed by atoms with Crippen molar-refractivity contribution in [2.75, 3.05) is 5.73 Å². The summed E-state index contributed by atoms with van der Waals surface area (Å²) in [6.07, 6.45) is 3.27. The van der Waals surface area contributed by atoms with Gasteiger partial charge in [-0.05, 0) is 24.3 Å². The van der Waals surface area contributed by atoms with Gasteiger partial charge in [0.25, 0.3) is 0 Å². The Bertz CT molecular complexity index is 463. The Morgan fingerprint density at radius 3 is 2.93 bits per heavy atom. The van der Waals surface area contributed by atoms with Gasteiger partial charge in [0.05, 0.1) is 18.4 Å². The average Bonchev–Trinajstić information content (AvgIpc) is 2.71. The molecule has 15 heavy (non-hydrogen) atoms. The van der Waals surface area contributed by atoms with Crippen molar-refractivity contribution >= 4 is 11.5 Å². The number of aromatic nitrogens is 1. The Morgan fingerprint density at radius 1 is 1.40 bits per heavy atom. The maximum Gasteiger partial charge on any atom is 0.190 e. The molecule has 0 saturated heterocycles. The minimum absolute atomic E-state index is 0.136. The second-order valence-electron chi connectivity index (χ2n) is 3.12. The zero-order valence-electron chi connectivity index (χ0n) is 8.01. The molecule has 76 valence electrons. The summed E-state index contributed by atoms with van der Waals surface area (Å²) in [6, 6.07) is 6.84. The van der Waals surface area contributed by atoms with Crippen molar-refractivity contribution in [3.8, 4) is 0 Å². The van der Waals surface area contributed by atoms with Gasteiger partial charge in [-0.15, -0.1) is 0 Å². The van der Waals surface area contributed by atoms with E-state index in [0.29, 0.717) is 17.1 Å². The minimum atomic E-state index is -0.136. The molecule has 0 bridgehead atoms. The molecule has 2 N–H and O–H groups in total. The van der Waals surface area contributed by atoms with Crippen LogP contribution in [-0.2, 0) is 6.42 Å². The van der Waals surface area contributed by atoms with Crippen molar-refractivity contribution in [2.24, 2.45) is 0 Å². The lowest BCUT2D eigenvalue weighted by Crippen LogP contribution is -2.08. The molecule has 0 aliphatic carbocycles. The topological polar surface area (TPSA) is 69.1 Å². The van der Waals surface area contributed by atoms with Crippen LogP contribution in [0, 0.1) is 0 Å². The fraction of sp³-hybridized carbons (Fsp3) is 0.0909. The lowest BCUT2D eigenvalue weighted by molar-refractivity contribution is 0.0983. The molecule has 0 amide bonds. The normalized spacial score (nSPS) is 10.1. The highest BCUT2D eigenvalue weighted by Crippen LogP contribution is 2.11. The third-order valence-corrected chi connectivity index (χ3v) is 2.02. The SMILES string of the molecule is Nc1cccnc1C(=O)Cc1ccco1. The van der Waals surface area contributed by atoms with Crippen LogP contribution < -0.4 is 5.73 Å². The first-order valence-electron chi connectivity index (χ1n) is 4.53. The molecule has 4 heteroatoms. The molecular formula is C11H10N2O2. The van der Waals surface area contributed by atoms with E-state index in [1.165, 1.54) is 6.26 Å². The second kappa shape index (κ2) is 3.96. The predicted octanol–water partition coefficient (Wildman–Crippen LogP) is 1.68. The van der Waals surface area contributed by atoms with Gasteiger partial charge in [-0.1, -0.05) is 0 Å². The number of furan rings is 1. The first-order chi connectivity index (χ1) is 7.27.